The lowest BCUT2D eigenvalue weighted by Crippen LogP contribution is -2.36. The summed E-state index contributed by atoms with van der Waals surface area (Å²) in [5.74, 6) is 0.404. The maximum absolute atomic E-state index is 13.7. The van der Waals surface area contributed by atoms with E-state index in [-0.39, 0.29) is 17.8 Å². The molecule has 0 fully saturated rings. The molecule has 1 N–H and O–H groups in total. The SMILES string of the molecule is COc1ccc(C2CC(=O)C3=C(C2)NC(C)=C(C(=O)OC(C)C)C3c2ccc(Br)cc2)cc1OC. The van der Waals surface area contributed by atoms with Gasteiger partial charge in [0.15, 0.2) is 17.3 Å². The molecular weight excluding hydrogens is 510 g/mol. The van der Waals surface area contributed by atoms with E-state index in [9.17, 15) is 9.59 Å². The Bertz CT molecular complexity index is 1210. The third kappa shape index (κ3) is 5.01. The quantitative estimate of drug-likeness (QED) is 0.469. The monoisotopic (exact) mass is 539 g/mol. The molecule has 0 saturated heterocycles. The fourth-order valence-electron chi connectivity index (χ4n) is 4.92. The number of hydrogen-bond donors (Lipinski definition) is 1. The van der Waals surface area contributed by atoms with E-state index in [1.807, 2.05) is 63.2 Å². The van der Waals surface area contributed by atoms with Gasteiger partial charge in [-0.05, 0) is 68.5 Å². The number of allylic oxidation sites excluding steroid dienone is 3. The highest BCUT2D eigenvalue weighted by Crippen LogP contribution is 2.46. The molecule has 0 amide bonds. The number of rotatable bonds is 6. The fraction of sp³-hybridized carbons (Fsp3) is 0.357. The second-order valence-corrected chi connectivity index (χ2v) is 10.1. The van der Waals surface area contributed by atoms with E-state index in [1.165, 1.54) is 0 Å². The number of methoxy groups -OCH3 is 2. The second kappa shape index (κ2) is 10.3. The lowest BCUT2D eigenvalue weighted by molar-refractivity contribution is -0.143. The lowest BCUT2D eigenvalue weighted by atomic mass is 9.71. The number of dihydropyridines is 1. The zero-order valence-corrected chi connectivity index (χ0v) is 22.2. The minimum absolute atomic E-state index is 0.0175. The van der Waals surface area contributed by atoms with Crippen molar-refractivity contribution in [3.63, 3.8) is 0 Å². The van der Waals surface area contributed by atoms with Gasteiger partial charge in [0, 0.05) is 33.8 Å². The Morgan fingerprint density at radius 1 is 1.00 bits per heavy atom. The summed E-state index contributed by atoms with van der Waals surface area (Å²) in [5.41, 5.74) is 4.59. The maximum Gasteiger partial charge on any atom is 0.337 e. The molecule has 0 bridgehead atoms. The molecule has 0 radical (unpaired) electrons. The highest BCUT2D eigenvalue weighted by atomic mass is 79.9. The van der Waals surface area contributed by atoms with Crippen LogP contribution in [0.3, 0.4) is 0 Å². The zero-order valence-electron chi connectivity index (χ0n) is 20.6. The van der Waals surface area contributed by atoms with Gasteiger partial charge in [0.2, 0.25) is 0 Å². The number of esters is 1. The van der Waals surface area contributed by atoms with Crippen LogP contribution in [0.4, 0.5) is 0 Å². The van der Waals surface area contributed by atoms with Crippen LogP contribution in [-0.4, -0.2) is 32.1 Å². The van der Waals surface area contributed by atoms with Gasteiger partial charge in [-0.25, -0.2) is 4.79 Å². The van der Waals surface area contributed by atoms with Crippen LogP contribution in [-0.2, 0) is 14.3 Å². The van der Waals surface area contributed by atoms with Gasteiger partial charge in [-0.2, -0.15) is 0 Å². The van der Waals surface area contributed by atoms with Crippen molar-refractivity contribution in [1.82, 2.24) is 5.32 Å². The van der Waals surface area contributed by atoms with Crippen molar-refractivity contribution < 1.29 is 23.8 Å². The molecule has 4 rings (SSSR count). The first-order valence-corrected chi connectivity index (χ1v) is 12.4. The number of carbonyl (C=O) groups excluding carboxylic acids is 2. The van der Waals surface area contributed by atoms with Gasteiger partial charge < -0.3 is 19.5 Å². The van der Waals surface area contributed by atoms with Crippen molar-refractivity contribution in [3.8, 4) is 11.5 Å². The molecule has 6 nitrogen and oxygen atoms in total. The molecule has 7 heteroatoms. The van der Waals surface area contributed by atoms with Gasteiger partial charge in [-0.3, -0.25) is 4.79 Å². The van der Waals surface area contributed by atoms with Crippen molar-refractivity contribution in [2.75, 3.05) is 14.2 Å². The zero-order chi connectivity index (χ0) is 25.3. The molecule has 1 aliphatic carbocycles. The first-order valence-electron chi connectivity index (χ1n) is 11.7. The molecule has 1 heterocycles. The van der Waals surface area contributed by atoms with Crippen LogP contribution < -0.4 is 14.8 Å². The molecule has 2 atom stereocenters. The number of benzene rings is 2. The van der Waals surface area contributed by atoms with Crippen LogP contribution in [0.1, 0.15) is 56.6 Å². The average Bonchev–Trinajstić information content (AvgIpc) is 2.82. The first-order chi connectivity index (χ1) is 16.7. The number of nitrogens with one attached hydrogen (secondary N) is 1. The van der Waals surface area contributed by atoms with Gasteiger partial charge in [0.25, 0.3) is 0 Å². The summed E-state index contributed by atoms with van der Waals surface area (Å²) in [4.78, 5) is 26.9. The Labute approximate surface area is 214 Å². The van der Waals surface area contributed by atoms with E-state index < -0.39 is 11.9 Å². The normalized spacial score (nSPS) is 19.9. The predicted molar refractivity (Wildman–Crippen MR) is 138 cm³/mol. The van der Waals surface area contributed by atoms with Crippen LogP contribution in [0.2, 0.25) is 0 Å². The summed E-state index contributed by atoms with van der Waals surface area (Å²) < 4.78 is 17.4. The topological polar surface area (TPSA) is 73.9 Å². The minimum atomic E-state index is -0.482. The van der Waals surface area contributed by atoms with Crippen molar-refractivity contribution in [2.24, 2.45) is 0 Å². The summed E-state index contributed by atoms with van der Waals surface area (Å²) in [6.45, 7) is 5.52. The van der Waals surface area contributed by atoms with Gasteiger partial charge in [0.05, 0.1) is 25.9 Å². The van der Waals surface area contributed by atoms with Crippen molar-refractivity contribution >= 4 is 27.7 Å². The van der Waals surface area contributed by atoms with E-state index in [4.69, 9.17) is 14.2 Å². The molecule has 0 saturated carbocycles. The summed E-state index contributed by atoms with van der Waals surface area (Å²) in [6, 6.07) is 13.5. The van der Waals surface area contributed by atoms with Crippen molar-refractivity contribution in [2.45, 2.75) is 51.6 Å². The van der Waals surface area contributed by atoms with Crippen molar-refractivity contribution in [3.05, 3.63) is 80.6 Å². The number of Topliss-reactive ketones (excluding diaryl/α,β-unsaturated/α-hetero) is 1. The van der Waals surface area contributed by atoms with E-state index in [0.29, 0.717) is 41.2 Å². The fourth-order valence-corrected chi connectivity index (χ4v) is 5.18. The highest BCUT2D eigenvalue weighted by molar-refractivity contribution is 9.10. The Morgan fingerprint density at radius 3 is 2.29 bits per heavy atom. The number of halogens is 1. The molecule has 2 aliphatic rings. The lowest BCUT2D eigenvalue weighted by Gasteiger charge is -2.37. The highest BCUT2D eigenvalue weighted by Gasteiger charge is 2.41. The number of hydrogen-bond acceptors (Lipinski definition) is 6. The first kappa shape index (κ1) is 25.0. The molecule has 2 aromatic rings. The molecule has 35 heavy (non-hydrogen) atoms. The molecule has 184 valence electrons. The summed E-state index contributed by atoms with van der Waals surface area (Å²) in [6.07, 6.45) is 0.724. The molecular formula is C28H30BrNO5. The van der Waals surface area contributed by atoms with Gasteiger partial charge in [-0.15, -0.1) is 0 Å². The van der Waals surface area contributed by atoms with E-state index >= 15 is 0 Å². The predicted octanol–water partition coefficient (Wildman–Crippen LogP) is 5.78. The van der Waals surface area contributed by atoms with E-state index in [2.05, 4.69) is 21.2 Å². The van der Waals surface area contributed by atoms with Crippen LogP contribution in [0.25, 0.3) is 0 Å². The third-order valence-electron chi connectivity index (χ3n) is 6.47. The summed E-state index contributed by atoms with van der Waals surface area (Å²) in [5, 5.41) is 3.39. The van der Waals surface area contributed by atoms with Crippen LogP contribution >= 0.6 is 15.9 Å². The maximum atomic E-state index is 13.7. The van der Waals surface area contributed by atoms with E-state index in [0.717, 1.165) is 21.3 Å². The van der Waals surface area contributed by atoms with Gasteiger partial charge >= 0.3 is 5.97 Å². The second-order valence-electron chi connectivity index (χ2n) is 9.14. The van der Waals surface area contributed by atoms with Crippen LogP contribution in [0, 0.1) is 0 Å². The standard InChI is InChI=1S/C28H30BrNO5/c1-15(2)35-28(32)25-16(3)30-21-12-19(18-8-11-23(33-4)24(14-18)34-5)13-22(31)27(21)26(25)17-6-9-20(29)10-7-17/h6-11,14-15,19,26,30H,12-13H2,1-5H3. The average molecular weight is 540 g/mol. The van der Waals surface area contributed by atoms with E-state index in [1.54, 1.807) is 14.2 Å². The van der Waals surface area contributed by atoms with Crippen LogP contribution in [0.5, 0.6) is 11.5 Å². The summed E-state index contributed by atoms with van der Waals surface area (Å²) in [7, 11) is 3.20. The van der Waals surface area contributed by atoms with Gasteiger partial charge in [0.1, 0.15) is 0 Å². The molecule has 2 unspecified atom stereocenters. The van der Waals surface area contributed by atoms with Crippen molar-refractivity contribution in [1.29, 1.82) is 0 Å². The largest absolute Gasteiger partial charge is 0.493 e. The minimum Gasteiger partial charge on any atom is -0.493 e. The van der Waals surface area contributed by atoms with Crippen LogP contribution in [0.15, 0.2) is 69.5 Å². The number of carbonyl (C=O) groups is 2. The Hall–Kier alpha value is -3.06. The summed E-state index contributed by atoms with van der Waals surface area (Å²) >= 11 is 3.48. The molecule has 0 spiro atoms. The molecule has 1 aliphatic heterocycles. The molecule has 0 aromatic heterocycles. The number of ether oxygens (including phenoxy) is 3. The molecule has 2 aromatic carbocycles. The third-order valence-corrected chi connectivity index (χ3v) is 7.00. The smallest absolute Gasteiger partial charge is 0.337 e. The Balaban J connectivity index is 1.77. The Kier molecular flexibility index (Phi) is 7.36. The Morgan fingerprint density at radius 2 is 1.66 bits per heavy atom. The van der Waals surface area contributed by atoms with Gasteiger partial charge in [-0.1, -0.05) is 34.1 Å². The number of ketones is 1.